The summed E-state index contributed by atoms with van der Waals surface area (Å²) in [6.45, 7) is 4.14. The van der Waals surface area contributed by atoms with Crippen molar-refractivity contribution < 1.29 is 19.2 Å². The quantitative estimate of drug-likeness (QED) is 0.746. The van der Waals surface area contributed by atoms with Crippen LogP contribution in [0, 0.1) is 0 Å². The number of nitrogens with zero attached hydrogens (tertiary/aromatic N) is 1. The van der Waals surface area contributed by atoms with Gasteiger partial charge in [0.2, 0.25) is 17.7 Å². The monoisotopic (exact) mass is 331 g/mol. The van der Waals surface area contributed by atoms with Crippen LogP contribution in [-0.4, -0.2) is 41.1 Å². The summed E-state index contributed by atoms with van der Waals surface area (Å²) in [4.78, 5) is 48.2. The summed E-state index contributed by atoms with van der Waals surface area (Å²) in [7, 11) is 0. The van der Waals surface area contributed by atoms with Gasteiger partial charge in [-0.15, -0.1) is 0 Å². The number of carbonyl (C=O) groups excluding carboxylic acids is 4. The average molecular weight is 331 g/mol. The maximum absolute atomic E-state index is 12.1. The van der Waals surface area contributed by atoms with E-state index in [1.54, 1.807) is 38.1 Å². The number of hydrogen-bond acceptors (Lipinski definition) is 4. The van der Waals surface area contributed by atoms with Gasteiger partial charge in [0.25, 0.3) is 5.91 Å². The zero-order valence-corrected chi connectivity index (χ0v) is 13.8. The molecule has 4 amide bonds. The minimum atomic E-state index is -0.628. The van der Waals surface area contributed by atoms with Crippen LogP contribution in [0.5, 0.6) is 0 Å². The topological polar surface area (TPSA) is 95.6 Å². The molecule has 2 rings (SSSR count). The lowest BCUT2D eigenvalue weighted by atomic mass is 10.1. The maximum Gasteiger partial charge on any atom is 0.251 e. The van der Waals surface area contributed by atoms with E-state index in [9.17, 15) is 19.2 Å². The van der Waals surface area contributed by atoms with E-state index >= 15 is 0 Å². The summed E-state index contributed by atoms with van der Waals surface area (Å²) >= 11 is 0. The van der Waals surface area contributed by atoms with Gasteiger partial charge in [-0.2, -0.15) is 0 Å². The molecule has 0 aliphatic carbocycles. The molecule has 0 bridgehead atoms. The van der Waals surface area contributed by atoms with Crippen molar-refractivity contribution >= 4 is 23.6 Å². The van der Waals surface area contributed by atoms with Gasteiger partial charge >= 0.3 is 0 Å². The Hall–Kier alpha value is -2.70. The number of nitrogens with one attached hydrogen (secondary N) is 2. The van der Waals surface area contributed by atoms with Crippen LogP contribution >= 0.6 is 0 Å². The molecular weight excluding hydrogens is 310 g/mol. The number of amides is 4. The molecule has 1 fully saturated rings. The van der Waals surface area contributed by atoms with Gasteiger partial charge in [-0.3, -0.25) is 24.1 Å². The van der Waals surface area contributed by atoms with Crippen LogP contribution in [0.3, 0.4) is 0 Å². The van der Waals surface area contributed by atoms with E-state index in [0.717, 1.165) is 5.56 Å². The molecule has 1 aliphatic heterocycles. The Morgan fingerprint density at radius 3 is 2.25 bits per heavy atom. The highest BCUT2D eigenvalue weighted by Crippen LogP contribution is 2.16. The minimum absolute atomic E-state index is 0.169. The standard InChI is InChI=1S/C17H21N3O4/c1-3-18-16(23)11(2)19-17(24)13-6-4-12(5-7-13)10-20-14(21)8-9-15(20)22/h4-7,11H,3,8-10H2,1-2H3,(H,18,23)(H,19,24)/t11-/m0/s1. The van der Waals surface area contributed by atoms with Gasteiger partial charge in [0.1, 0.15) is 6.04 Å². The molecule has 24 heavy (non-hydrogen) atoms. The summed E-state index contributed by atoms with van der Waals surface area (Å²) in [5, 5.41) is 5.25. The first-order chi connectivity index (χ1) is 11.4. The Morgan fingerprint density at radius 2 is 1.71 bits per heavy atom. The summed E-state index contributed by atoms with van der Waals surface area (Å²) in [5.41, 5.74) is 1.18. The second kappa shape index (κ2) is 7.72. The lowest BCUT2D eigenvalue weighted by Crippen LogP contribution is -2.44. The second-order valence-corrected chi connectivity index (χ2v) is 5.66. The van der Waals surface area contributed by atoms with Crippen molar-refractivity contribution in [3.05, 3.63) is 35.4 Å². The Labute approximate surface area is 140 Å². The molecule has 2 N–H and O–H groups in total. The molecule has 0 spiro atoms. The molecule has 0 radical (unpaired) electrons. The third-order valence-corrected chi connectivity index (χ3v) is 3.80. The molecule has 1 aromatic rings. The van der Waals surface area contributed by atoms with Crippen LogP contribution in [0.4, 0.5) is 0 Å². The third kappa shape index (κ3) is 4.18. The van der Waals surface area contributed by atoms with Crippen molar-refractivity contribution in [2.45, 2.75) is 39.3 Å². The largest absolute Gasteiger partial charge is 0.355 e. The number of likely N-dealkylation sites (N-methyl/N-ethyl adjacent to an activating group) is 1. The molecule has 7 heteroatoms. The lowest BCUT2D eigenvalue weighted by Gasteiger charge is -2.15. The fraction of sp³-hybridized carbons (Fsp3) is 0.412. The number of likely N-dealkylation sites (tertiary alicyclic amines) is 1. The van der Waals surface area contributed by atoms with E-state index in [1.165, 1.54) is 4.90 Å². The summed E-state index contributed by atoms with van der Waals surface area (Å²) in [6.07, 6.45) is 0.522. The molecule has 128 valence electrons. The molecule has 1 heterocycles. The Bertz CT molecular complexity index is 638. The van der Waals surface area contributed by atoms with Gasteiger partial charge < -0.3 is 10.6 Å². The SMILES string of the molecule is CCNC(=O)[C@H](C)NC(=O)c1ccc(CN2C(=O)CCC2=O)cc1. The number of benzene rings is 1. The molecule has 1 aliphatic rings. The summed E-state index contributed by atoms with van der Waals surface area (Å²) in [6, 6.07) is 5.99. The van der Waals surface area contributed by atoms with Crippen molar-refractivity contribution in [1.82, 2.24) is 15.5 Å². The van der Waals surface area contributed by atoms with Gasteiger partial charge in [-0.1, -0.05) is 12.1 Å². The molecule has 0 saturated carbocycles. The smallest absolute Gasteiger partial charge is 0.251 e. The predicted molar refractivity (Wildman–Crippen MR) is 86.8 cm³/mol. The molecule has 1 aromatic carbocycles. The van der Waals surface area contributed by atoms with Crippen LogP contribution in [-0.2, 0) is 20.9 Å². The van der Waals surface area contributed by atoms with Gasteiger partial charge in [-0.05, 0) is 31.5 Å². The normalized spacial score (nSPS) is 15.3. The van der Waals surface area contributed by atoms with E-state index in [2.05, 4.69) is 10.6 Å². The van der Waals surface area contributed by atoms with Crippen molar-refractivity contribution in [2.75, 3.05) is 6.54 Å². The summed E-state index contributed by atoms with van der Waals surface area (Å²) in [5.74, 6) is -0.933. The van der Waals surface area contributed by atoms with Gasteiger partial charge in [0.15, 0.2) is 0 Å². The van der Waals surface area contributed by atoms with Crippen molar-refractivity contribution in [1.29, 1.82) is 0 Å². The Kier molecular flexibility index (Phi) is 5.68. The van der Waals surface area contributed by atoms with Crippen molar-refractivity contribution in [3.63, 3.8) is 0 Å². The zero-order chi connectivity index (χ0) is 17.7. The van der Waals surface area contributed by atoms with Crippen LogP contribution in [0.1, 0.15) is 42.6 Å². The lowest BCUT2D eigenvalue weighted by molar-refractivity contribution is -0.139. The highest BCUT2D eigenvalue weighted by molar-refractivity contribution is 6.02. The fourth-order valence-corrected chi connectivity index (χ4v) is 2.42. The van der Waals surface area contributed by atoms with E-state index in [-0.39, 0.29) is 43.0 Å². The third-order valence-electron chi connectivity index (χ3n) is 3.80. The Morgan fingerprint density at radius 1 is 1.12 bits per heavy atom. The predicted octanol–water partition coefficient (Wildman–Crippen LogP) is 0.590. The first kappa shape index (κ1) is 17.7. The van der Waals surface area contributed by atoms with E-state index in [4.69, 9.17) is 0 Å². The van der Waals surface area contributed by atoms with E-state index < -0.39 is 6.04 Å². The fourth-order valence-electron chi connectivity index (χ4n) is 2.42. The molecule has 0 unspecified atom stereocenters. The van der Waals surface area contributed by atoms with Gasteiger partial charge in [0.05, 0.1) is 6.54 Å². The second-order valence-electron chi connectivity index (χ2n) is 5.66. The number of rotatable bonds is 6. The maximum atomic E-state index is 12.1. The zero-order valence-electron chi connectivity index (χ0n) is 13.8. The molecular formula is C17H21N3O4. The summed E-state index contributed by atoms with van der Waals surface area (Å²) < 4.78 is 0. The molecule has 1 saturated heterocycles. The van der Waals surface area contributed by atoms with E-state index in [1.807, 2.05) is 0 Å². The van der Waals surface area contributed by atoms with Crippen LogP contribution in [0.15, 0.2) is 24.3 Å². The van der Waals surface area contributed by atoms with Crippen LogP contribution < -0.4 is 10.6 Å². The van der Waals surface area contributed by atoms with E-state index in [0.29, 0.717) is 12.1 Å². The highest BCUT2D eigenvalue weighted by Gasteiger charge is 2.28. The van der Waals surface area contributed by atoms with Gasteiger partial charge in [-0.25, -0.2) is 0 Å². The average Bonchev–Trinajstić information content (AvgIpc) is 2.87. The molecule has 1 atom stereocenters. The molecule has 0 aromatic heterocycles. The van der Waals surface area contributed by atoms with Crippen LogP contribution in [0.2, 0.25) is 0 Å². The first-order valence-electron chi connectivity index (χ1n) is 7.93. The van der Waals surface area contributed by atoms with Gasteiger partial charge in [0, 0.05) is 24.9 Å². The number of carbonyl (C=O) groups is 4. The number of imide groups is 1. The first-order valence-corrected chi connectivity index (χ1v) is 7.93. The van der Waals surface area contributed by atoms with Crippen molar-refractivity contribution in [2.24, 2.45) is 0 Å². The minimum Gasteiger partial charge on any atom is -0.355 e. The van der Waals surface area contributed by atoms with Crippen LogP contribution in [0.25, 0.3) is 0 Å². The highest BCUT2D eigenvalue weighted by atomic mass is 16.2. The Balaban J connectivity index is 1.96. The van der Waals surface area contributed by atoms with Crippen molar-refractivity contribution in [3.8, 4) is 0 Å². The number of hydrogen-bond donors (Lipinski definition) is 2. The molecule has 7 nitrogen and oxygen atoms in total.